The highest BCUT2D eigenvalue weighted by atomic mass is 127. The Balaban J connectivity index is 0.00000480. The molecule has 1 aliphatic rings. The first-order valence-electron chi connectivity index (χ1n) is 11.5. The molecule has 9 heteroatoms. The van der Waals surface area contributed by atoms with Gasteiger partial charge in [-0.05, 0) is 18.8 Å². The number of guanidine groups is 1. The molecule has 0 saturated heterocycles. The molecule has 1 aromatic heterocycles. The fourth-order valence-electron chi connectivity index (χ4n) is 3.51. The molecular weight excluding hydrogens is 505 g/mol. The first kappa shape index (κ1) is 27.6. The highest BCUT2D eigenvalue weighted by molar-refractivity contribution is 14.0. The number of carbonyl (C=O) groups is 1. The molecule has 0 aromatic carbocycles. The molecule has 0 spiro atoms. The molecule has 31 heavy (non-hydrogen) atoms. The van der Waals surface area contributed by atoms with E-state index in [0.717, 1.165) is 50.0 Å². The second-order valence-electron chi connectivity index (χ2n) is 8.85. The van der Waals surface area contributed by atoms with Crippen molar-refractivity contribution in [3.8, 4) is 0 Å². The second-order valence-corrected chi connectivity index (χ2v) is 8.85. The molecule has 8 nitrogen and oxygen atoms in total. The second kappa shape index (κ2) is 13.9. The van der Waals surface area contributed by atoms with Gasteiger partial charge in [-0.3, -0.25) is 4.79 Å². The van der Waals surface area contributed by atoms with Gasteiger partial charge in [0, 0.05) is 39.0 Å². The number of fused-ring (bicyclic) bond motifs is 1. The van der Waals surface area contributed by atoms with Crippen molar-refractivity contribution in [2.75, 3.05) is 27.2 Å². The zero-order chi connectivity index (χ0) is 22.1. The summed E-state index contributed by atoms with van der Waals surface area (Å²) in [5.41, 5.74) is 0. The number of aromatic nitrogens is 3. The van der Waals surface area contributed by atoms with Crippen molar-refractivity contribution in [2.45, 2.75) is 84.7 Å². The molecule has 2 N–H and O–H groups in total. The summed E-state index contributed by atoms with van der Waals surface area (Å²) in [5, 5.41) is 11.7. The third-order valence-electron chi connectivity index (χ3n) is 5.70. The molecular formula is C22H42IN7O. The van der Waals surface area contributed by atoms with E-state index in [4.69, 9.17) is 0 Å². The quantitative estimate of drug-likeness (QED) is 0.267. The molecule has 1 amide bonds. The number of carbonyl (C=O) groups excluding carboxylic acids is 1. The van der Waals surface area contributed by atoms with Crippen LogP contribution < -0.4 is 10.6 Å². The van der Waals surface area contributed by atoms with Crippen LogP contribution in [0.2, 0.25) is 0 Å². The fraction of sp³-hybridized carbons (Fsp3) is 0.818. The molecule has 1 aromatic rings. The number of amides is 1. The van der Waals surface area contributed by atoms with Crippen molar-refractivity contribution in [1.29, 1.82) is 0 Å². The maximum absolute atomic E-state index is 12.0. The van der Waals surface area contributed by atoms with E-state index >= 15 is 0 Å². The summed E-state index contributed by atoms with van der Waals surface area (Å²) in [6, 6.07) is 0.218. The van der Waals surface area contributed by atoms with Gasteiger partial charge in [0.15, 0.2) is 11.8 Å². The Morgan fingerprint density at radius 1 is 1.32 bits per heavy atom. The summed E-state index contributed by atoms with van der Waals surface area (Å²) in [4.78, 5) is 22.9. The van der Waals surface area contributed by atoms with Gasteiger partial charge in [-0.2, -0.15) is 5.10 Å². The Bertz CT molecular complexity index is 702. The van der Waals surface area contributed by atoms with Crippen LogP contribution in [-0.2, 0) is 17.8 Å². The average molecular weight is 548 g/mol. The standard InChI is InChI=1S/C22H41N7O.HI/c1-7-9-10-17(8-2)13-23-22(24-14-20(30)28(5)6)25-18-11-12-19-26-21(16(3)4)27-29(19)15-18;/h16-18H,7-15H2,1-6H3,(H2,23,24,25);1H. The lowest BCUT2D eigenvalue weighted by molar-refractivity contribution is -0.127. The highest BCUT2D eigenvalue weighted by Crippen LogP contribution is 2.17. The van der Waals surface area contributed by atoms with Crippen molar-refractivity contribution < 1.29 is 4.79 Å². The zero-order valence-corrected chi connectivity index (χ0v) is 22.5. The van der Waals surface area contributed by atoms with E-state index in [9.17, 15) is 4.79 Å². The van der Waals surface area contributed by atoms with Gasteiger partial charge in [-0.1, -0.05) is 47.0 Å². The van der Waals surface area contributed by atoms with Crippen LogP contribution >= 0.6 is 24.0 Å². The number of hydrogen-bond donors (Lipinski definition) is 2. The third-order valence-corrected chi connectivity index (χ3v) is 5.70. The van der Waals surface area contributed by atoms with Gasteiger partial charge in [0.25, 0.3) is 0 Å². The molecule has 0 aliphatic carbocycles. The minimum absolute atomic E-state index is 0. The summed E-state index contributed by atoms with van der Waals surface area (Å²) in [5.74, 6) is 3.64. The smallest absolute Gasteiger partial charge is 0.243 e. The van der Waals surface area contributed by atoms with Gasteiger partial charge in [-0.15, -0.1) is 24.0 Å². The van der Waals surface area contributed by atoms with Crippen LogP contribution in [0.25, 0.3) is 0 Å². The Kier molecular flexibility index (Phi) is 12.4. The lowest BCUT2D eigenvalue weighted by Crippen LogP contribution is -2.48. The number of nitrogens with zero attached hydrogens (tertiary/aromatic N) is 5. The van der Waals surface area contributed by atoms with Crippen LogP contribution in [0.3, 0.4) is 0 Å². The lowest BCUT2D eigenvalue weighted by Gasteiger charge is -2.26. The van der Waals surface area contributed by atoms with Gasteiger partial charge in [0.05, 0.1) is 6.54 Å². The molecule has 0 fully saturated rings. The van der Waals surface area contributed by atoms with Crippen LogP contribution in [0.4, 0.5) is 0 Å². The van der Waals surface area contributed by atoms with E-state index in [1.54, 1.807) is 19.0 Å². The first-order valence-corrected chi connectivity index (χ1v) is 11.5. The van der Waals surface area contributed by atoms with Crippen molar-refractivity contribution in [3.05, 3.63) is 11.6 Å². The molecule has 2 unspecified atom stereocenters. The number of likely N-dealkylation sites (N-methyl/N-ethyl adjacent to an activating group) is 1. The predicted octanol–water partition coefficient (Wildman–Crippen LogP) is 3.17. The molecule has 2 heterocycles. The molecule has 178 valence electrons. The first-order chi connectivity index (χ1) is 14.3. The SMILES string of the molecule is CCCCC(CC)CNC(=NCC(=O)N(C)C)NC1CCc2nc(C(C)C)nn2C1.I. The van der Waals surface area contributed by atoms with Crippen molar-refractivity contribution >= 4 is 35.8 Å². The number of rotatable bonds is 10. The maximum atomic E-state index is 12.0. The van der Waals surface area contributed by atoms with E-state index in [1.807, 2.05) is 4.68 Å². The van der Waals surface area contributed by atoms with Crippen LogP contribution in [0.1, 0.15) is 77.4 Å². The summed E-state index contributed by atoms with van der Waals surface area (Å²) in [6.07, 6.45) is 6.69. The number of halogens is 1. The van der Waals surface area contributed by atoms with Gasteiger partial charge in [0.1, 0.15) is 12.4 Å². The number of aliphatic imine (C=N–C) groups is 1. The summed E-state index contributed by atoms with van der Waals surface area (Å²) < 4.78 is 2.02. The Morgan fingerprint density at radius 2 is 2.06 bits per heavy atom. The van der Waals surface area contributed by atoms with E-state index in [0.29, 0.717) is 11.8 Å². The molecule has 1 aliphatic heterocycles. The van der Waals surface area contributed by atoms with Crippen LogP contribution in [-0.4, -0.2) is 64.8 Å². The summed E-state index contributed by atoms with van der Waals surface area (Å²) >= 11 is 0. The largest absolute Gasteiger partial charge is 0.356 e. The third kappa shape index (κ3) is 8.94. The van der Waals surface area contributed by atoms with E-state index < -0.39 is 0 Å². The number of hydrogen-bond acceptors (Lipinski definition) is 4. The van der Waals surface area contributed by atoms with E-state index in [-0.39, 0.29) is 42.5 Å². The van der Waals surface area contributed by atoms with Crippen LogP contribution in [0, 0.1) is 5.92 Å². The monoisotopic (exact) mass is 547 g/mol. The molecule has 0 radical (unpaired) electrons. The topological polar surface area (TPSA) is 87.4 Å². The van der Waals surface area contributed by atoms with Crippen molar-refractivity contribution in [3.63, 3.8) is 0 Å². The van der Waals surface area contributed by atoms with E-state index in [2.05, 4.69) is 53.4 Å². The minimum atomic E-state index is -0.00194. The summed E-state index contributed by atoms with van der Waals surface area (Å²) in [6.45, 7) is 10.5. The number of aryl methyl sites for hydroxylation is 1. The Morgan fingerprint density at radius 3 is 2.68 bits per heavy atom. The maximum Gasteiger partial charge on any atom is 0.243 e. The molecule has 0 bridgehead atoms. The average Bonchev–Trinajstić information content (AvgIpc) is 3.15. The van der Waals surface area contributed by atoms with Gasteiger partial charge in [-0.25, -0.2) is 14.7 Å². The molecule has 0 saturated carbocycles. The van der Waals surface area contributed by atoms with Crippen LogP contribution in [0.5, 0.6) is 0 Å². The minimum Gasteiger partial charge on any atom is -0.356 e. The van der Waals surface area contributed by atoms with Crippen LogP contribution in [0.15, 0.2) is 4.99 Å². The predicted molar refractivity (Wildman–Crippen MR) is 137 cm³/mol. The summed E-state index contributed by atoms with van der Waals surface area (Å²) in [7, 11) is 3.52. The molecule has 2 rings (SSSR count). The highest BCUT2D eigenvalue weighted by Gasteiger charge is 2.23. The Labute approximate surface area is 205 Å². The van der Waals surface area contributed by atoms with Crippen molar-refractivity contribution in [1.82, 2.24) is 30.3 Å². The zero-order valence-electron chi connectivity index (χ0n) is 20.1. The normalized spacial score (nSPS) is 17.0. The van der Waals surface area contributed by atoms with Gasteiger partial charge < -0.3 is 15.5 Å². The number of unbranched alkanes of at least 4 members (excludes halogenated alkanes) is 1. The Hall–Kier alpha value is -1.39. The van der Waals surface area contributed by atoms with Gasteiger partial charge >= 0.3 is 0 Å². The molecule has 2 atom stereocenters. The van der Waals surface area contributed by atoms with E-state index in [1.165, 1.54) is 19.3 Å². The van der Waals surface area contributed by atoms with Crippen molar-refractivity contribution in [2.24, 2.45) is 10.9 Å². The number of nitrogens with one attached hydrogen (secondary N) is 2. The van der Waals surface area contributed by atoms with Gasteiger partial charge in [0.2, 0.25) is 5.91 Å². The fourth-order valence-corrected chi connectivity index (χ4v) is 3.51. The lowest BCUT2D eigenvalue weighted by atomic mass is 9.99.